The van der Waals surface area contributed by atoms with E-state index in [0.29, 0.717) is 25.0 Å². The van der Waals surface area contributed by atoms with Gasteiger partial charge in [0.1, 0.15) is 5.78 Å². The first kappa shape index (κ1) is 21.4. The molecule has 2 rings (SSSR count). The molecule has 0 aliphatic heterocycles. The number of benzene rings is 2. The lowest BCUT2D eigenvalue weighted by molar-refractivity contribution is -0.118. The summed E-state index contributed by atoms with van der Waals surface area (Å²) in [5.41, 5.74) is 3.77. The molecule has 0 saturated carbocycles. The summed E-state index contributed by atoms with van der Waals surface area (Å²) in [7, 11) is 0. The highest BCUT2D eigenvalue weighted by Crippen LogP contribution is 2.07. The van der Waals surface area contributed by atoms with Gasteiger partial charge in [0.2, 0.25) is 5.78 Å². The van der Waals surface area contributed by atoms with E-state index in [9.17, 15) is 9.59 Å². The van der Waals surface area contributed by atoms with Crippen LogP contribution in [0.1, 0.15) is 50.7 Å². The van der Waals surface area contributed by atoms with Gasteiger partial charge in [0.25, 0.3) is 0 Å². The van der Waals surface area contributed by atoms with Gasteiger partial charge in [-0.15, -0.1) is 6.42 Å². The Morgan fingerprint density at radius 3 is 2.12 bits per heavy atom. The van der Waals surface area contributed by atoms with E-state index >= 15 is 0 Å². The van der Waals surface area contributed by atoms with Crippen molar-refractivity contribution in [3.05, 3.63) is 71.3 Å². The third-order valence-electron chi connectivity index (χ3n) is 4.08. The van der Waals surface area contributed by atoms with E-state index in [2.05, 4.69) is 49.2 Å². The molecule has 26 heavy (non-hydrogen) atoms. The van der Waals surface area contributed by atoms with Crippen LogP contribution in [-0.2, 0) is 22.4 Å². The fraction of sp³-hybridized carbons (Fsp3) is 0.333. The maximum absolute atomic E-state index is 11.0. The summed E-state index contributed by atoms with van der Waals surface area (Å²) in [6, 6.07) is 18.5. The number of hydrogen-bond donors (Lipinski definition) is 0. The minimum atomic E-state index is -0.0999. The summed E-state index contributed by atoms with van der Waals surface area (Å²) >= 11 is 0. The molecule has 0 unspecified atom stereocenters. The largest absolute Gasteiger partial charge is 0.300 e. The molecule has 2 aromatic rings. The van der Waals surface area contributed by atoms with E-state index in [0.717, 1.165) is 19.3 Å². The molecule has 137 valence electrons. The van der Waals surface area contributed by atoms with E-state index in [1.54, 1.807) is 0 Å². The highest BCUT2D eigenvalue weighted by Gasteiger charge is 1.98. The van der Waals surface area contributed by atoms with Crippen LogP contribution in [0.4, 0.5) is 0 Å². The zero-order valence-electron chi connectivity index (χ0n) is 16.8. The average Bonchev–Trinajstić information content (AvgIpc) is 2.68. The Labute approximate surface area is 159 Å². The van der Waals surface area contributed by atoms with E-state index in [-0.39, 0.29) is 7.21 Å². The van der Waals surface area contributed by atoms with Gasteiger partial charge in [-0.05, 0) is 43.2 Å². The quantitative estimate of drug-likeness (QED) is 0.483. The Hall–Kier alpha value is -2.66. The predicted octanol–water partition coefficient (Wildman–Crippen LogP) is 5.23. The Bertz CT molecular complexity index is 712. The smallest absolute Gasteiger partial charge is 0.205 e. The second kappa shape index (κ2) is 12.7. The molecule has 1 radical (unpaired) electrons. The van der Waals surface area contributed by atoms with Crippen LogP contribution in [0.5, 0.6) is 0 Å². The van der Waals surface area contributed by atoms with Crippen molar-refractivity contribution in [1.29, 1.82) is 0 Å². The monoisotopic (exact) mass is 349 g/mol. The zero-order valence-corrected chi connectivity index (χ0v) is 15.8. The second-order valence-corrected chi connectivity index (χ2v) is 6.28. The normalized spacial score (nSPS) is 9.58. The number of Topliss-reactive ketones (excluding diaryl/α,β-unsaturated/α-hetero) is 2. The standard InChI is InChI=1S/C13H14O.C11H14O.H/c1-3-13(14)6-4-5-12-9-7-11(2)8-10-12;1-2-11(12)9-8-10-6-4-3-5-7-10;/h1,7-10H,4-6H2,2H3;3-7H,2,8-9H2,1H3;. The molecule has 0 amide bonds. The lowest BCUT2D eigenvalue weighted by atomic mass is 10.1. The molecule has 0 atom stereocenters. The first-order valence-corrected chi connectivity index (χ1v) is 9.15. The van der Waals surface area contributed by atoms with Gasteiger partial charge in [-0.2, -0.15) is 0 Å². The highest BCUT2D eigenvalue weighted by molar-refractivity contribution is 5.94. The minimum absolute atomic E-state index is 0. The fourth-order valence-corrected chi connectivity index (χ4v) is 2.39. The van der Waals surface area contributed by atoms with Crippen LogP contribution in [0, 0.1) is 19.3 Å². The number of ketones is 2. The molecule has 0 bridgehead atoms. The zero-order chi connectivity index (χ0) is 19.2. The number of rotatable bonds is 8. The maximum Gasteiger partial charge on any atom is 0.205 e. The van der Waals surface area contributed by atoms with E-state index in [1.807, 2.05) is 25.1 Å². The van der Waals surface area contributed by atoms with Crippen LogP contribution in [0.3, 0.4) is 0 Å². The Morgan fingerprint density at radius 2 is 1.54 bits per heavy atom. The van der Waals surface area contributed by atoms with Gasteiger partial charge in [0.05, 0.1) is 0 Å². The van der Waals surface area contributed by atoms with Gasteiger partial charge in [-0.1, -0.05) is 67.1 Å². The van der Waals surface area contributed by atoms with Gasteiger partial charge < -0.3 is 0 Å². The average molecular weight is 349 g/mol. The SMILES string of the molecule is C#CC(=O)CCCc1ccc(C)cc1.CCC(=O)CCc1ccccc1.[H]. The Morgan fingerprint density at radius 1 is 0.923 bits per heavy atom. The van der Waals surface area contributed by atoms with E-state index in [1.165, 1.54) is 16.7 Å². The maximum atomic E-state index is 11.0. The van der Waals surface area contributed by atoms with Crippen LogP contribution in [0.25, 0.3) is 0 Å². The summed E-state index contributed by atoms with van der Waals surface area (Å²) in [5, 5.41) is 0. The predicted molar refractivity (Wildman–Crippen MR) is 109 cm³/mol. The summed E-state index contributed by atoms with van der Waals surface area (Å²) in [5.74, 6) is 2.37. The fourth-order valence-electron chi connectivity index (χ4n) is 2.39. The molecule has 0 fully saturated rings. The summed E-state index contributed by atoms with van der Waals surface area (Å²) < 4.78 is 0. The first-order chi connectivity index (χ1) is 12.5. The molecule has 0 N–H and O–H groups in total. The van der Waals surface area contributed by atoms with Crippen molar-refractivity contribution < 1.29 is 11.0 Å². The van der Waals surface area contributed by atoms with Crippen LogP contribution in [0.2, 0.25) is 0 Å². The van der Waals surface area contributed by atoms with Crippen LogP contribution in [-0.4, -0.2) is 11.6 Å². The highest BCUT2D eigenvalue weighted by atomic mass is 16.1. The third kappa shape index (κ3) is 9.59. The molecule has 0 aliphatic rings. The number of terminal acetylenes is 1. The molecule has 2 aromatic carbocycles. The molecule has 0 heterocycles. The van der Waals surface area contributed by atoms with Crippen molar-refractivity contribution in [3.63, 3.8) is 0 Å². The first-order valence-electron chi connectivity index (χ1n) is 9.15. The lowest BCUT2D eigenvalue weighted by Gasteiger charge is -1.99. The number of carbonyl (C=O) groups excluding carboxylic acids is 2. The van der Waals surface area contributed by atoms with Gasteiger partial charge >= 0.3 is 0 Å². The molecule has 0 saturated heterocycles. The van der Waals surface area contributed by atoms with Crippen molar-refractivity contribution in [3.8, 4) is 12.3 Å². The molecule has 2 heteroatoms. The van der Waals surface area contributed by atoms with Gasteiger partial charge in [-0.25, -0.2) is 0 Å². The molecule has 0 spiro atoms. The van der Waals surface area contributed by atoms with Gasteiger partial charge in [0, 0.05) is 20.7 Å². The lowest BCUT2D eigenvalue weighted by Crippen LogP contribution is -1.97. The van der Waals surface area contributed by atoms with Gasteiger partial charge in [-0.3, -0.25) is 9.59 Å². The second-order valence-electron chi connectivity index (χ2n) is 6.28. The summed E-state index contributed by atoms with van der Waals surface area (Å²) in [6.45, 7) is 3.97. The van der Waals surface area contributed by atoms with E-state index in [4.69, 9.17) is 6.42 Å². The topological polar surface area (TPSA) is 34.1 Å². The van der Waals surface area contributed by atoms with Crippen molar-refractivity contribution in [1.82, 2.24) is 0 Å². The van der Waals surface area contributed by atoms with Crippen LogP contribution >= 0.6 is 0 Å². The van der Waals surface area contributed by atoms with Crippen molar-refractivity contribution >= 4 is 11.6 Å². The molecule has 0 aliphatic carbocycles. The number of aryl methyl sites for hydroxylation is 3. The Kier molecular flexibility index (Phi) is 10.4. The molecule has 2 nitrogen and oxygen atoms in total. The van der Waals surface area contributed by atoms with E-state index < -0.39 is 0 Å². The summed E-state index contributed by atoms with van der Waals surface area (Å²) in [6.07, 6.45) is 9.45. The third-order valence-corrected chi connectivity index (χ3v) is 4.08. The Balaban J connectivity index is 0.000000488. The number of carbonyl (C=O) groups is 2. The van der Waals surface area contributed by atoms with Crippen LogP contribution in [0.15, 0.2) is 54.6 Å². The molecular formula is C24H29O2. The van der Waals surface area contributed by atoms with Crippen molar-refractivity contribution in [2.45, 2.75) is 52.4 Å². The number of hydrogen-bond acceptors (Lipinski definition) is 2. The molecular weight excluding hydrogens is 320 g/mol. The van der Waals surface area contributed by atoms with Gasteiger partial charge in [0.15, 0.2) is 0 Å². The molecule has 0 aromatic heterocycles. The summed E-state index contributed by atoms with van der Waals surface area (Å²) in [4.78, 5) is 21.8. The van der Waals surface area contributed by atoms with Crippen molar-refractivity contribution in [2.75, 3.05) is 0 Å². The van der Waals surface area contributed by atoms with Crippen LogP contribution < -0.4 is 0 Å². The minimum Gasteiger partial charge on any atom is -0.300 e. The van der Waals surface area contributed by atoms with Crippen molar-refractivity contribution in [2.24, 2.45) is 0 Å².